The molecule has 0 saturated carbocycles. The molecular formula is C17H15N3O3S. The van der Waals surface area contributed by atoms with Crippen LogP contribution >= 0.6 is 11.3 Å². The molecule has 0 amide bonds. The number of hydrogen-bond donors (Lipinski definition) is 2. The van der Waals surface area contributed by atoms with Crippen molar-refractivity contribution < 1.29 is 14.6 Å². The Morgan fingerprint density at radius 3 is 2.92 bits per heavy atom. The number of benzene rings is 1. The standard InChI is InChI=1S/C17H15N3O3S/c1-23-13-7-9-4-5-11-15(17(21)22)19-16(14-3-2-6-24-14)20(11)12(9)8-10(13)18/h2-3,6-8H,4-5,18H2,1H3,(H,21,22). The maximum atomic E-state index is 11.6. The molecule has 0 fully saturated rings. The van der Waals surface area contributed by atoms with Crippen molar-refractivity contribution in [3.63, 3.8) is 0 Å². The highest BCUT2D eigenvalue weighted by molar-refractivity contribution is 7.13. The van der Waals surface area contributed by atoms with Crippen LogP contribution < -0.4 is 10.5 Å². The predicted molar refractivity (Wildman–Crippen MR) is 92.2 cm³/mol. The molecule has 0 radical (unpaired) electrons. The van der Waals surface area contributed by atoms with Crippen LogP contribution in [-0.4, -0.2) is 27.7 Å². The van der Waals surface area contributed by atoms with E-state index in [1.54, 1.807) is 7.11 Å². The van der Waals surface area contributed by atoms with Gasteiger partial charge in [0.15, 0.2) is 11.5 Å². The van der Waals surface area contributed by atoms with E-state index < -0.39 is 5.97 Å². The molecule has 0 unspecified atom stereocenters. The minimum Gasteiger partial charge on any atom is -0.495 e. The van der Waals surface area contributed by atoms with E-state index in [1.807, 2.05) is 34.2 Å². The average molecular weight is 341 g/mol. The van der Waals surface area contributed by atoms with Gasteiger partial charge in [-0.2, -0.15) is 0 Å². The molecule has 0 bridgehead atoms. The number of ether oxygens (including phenoxy) is 1. The van der Waals surface area contributed by atoms with Gasteiger partial charge < -0.3 is 15.6 Å². The molecular weight excluding hydrogens is 326 g/mol. The molecule has 0 atom stereocenters. The van der Waals surface area contributed by atoms with Gasteiger partial charge in [0.2, 0.25) is 0 Å². The average Bonchev–Trinajstić information content (AvgIpc) is 3.21. The first-order valence-corrected chi connectivity index (χ1v) is 8.33. The fraction of sp³-hybridized carbons (Fsp3) is 0.176. The van der Waals surface area contributed by atoms with Crippen LogP contribution in [0.2, 0.25) is 0 Å². The Morgan fingerprint density at radius 1 is 1.42 bits per heavy atom. The first-order valence-electron chi connectivity index (χ1n) is 7.45. The van der Waals surface area contributed by atoms with Crippen LogP contribution in [0.15, 0.2) is 29.6 Å². The monoisotopic (exact) mass is 341 g/mol. The minimum atomic E-state index is -1.01. The summed E-state index contributed by atoms with van der Waals surface area (Å²) < 4.78 is 7.22. The molecule has 24 heavy (non-hydrogen) atoms. The second-order valence-corrected chi connectivity index (χ2v) is 6.52. The lowest BCUT2D eigenvalue weighted by Gasteiger charge is -2.22. The number of carbonyl (C=O) groups is 1. The van der Waals surface area contributed by atoms with E-state index in [2.05, 4.69) is 4.98 Å². The van der Waals surface area contributed by atoms with Crippen LogP contribution in [0.25, 0.3) is 16.4 Å². The molecule has 4 rings (SSSR count). The first-order chi connectivity index (χ1) is 11.6. The maximum absolute atomic E-state index is 11.6. The number of aryl methyl sites for hydroxylation is 1. The summed E-state index contributed by atoms with van der Waals surface area (Å²) in [6, 6.07) is 7.62. The zero-order valence-electron chi connectivity index (χ0n) is 12.9. The number of fused-ring (bicyclic) bond motifs is 3. The van der Waals surface area contributed by atoms with Crippen molar-refractivity contribution in [3.8, 4) is 22.1 Å². The molecule has 1 aliphatic rings. The summed E-state index contributed by atoms with van der Waals surface area (Å²) in [5.74, 6) is 0.267. The minimum absolute atomic E-state index is 0.110. The van der Waals surface area contributed by atoms with Crippen molar-refractivity contribution >= 4 is 23.0 Å². The van der Waals surface area contributed by atoms with Gasteiger partial charge in [-0.05, 0) is 42.0 Å². The highest BCUT2D eigenvalue weighted by Gasteiger charge is 2.29. The smallest absolute Gasteiger partial charge is 0.356 e. The van der Waals surface area contributed by atoms with Crippen LogP contribution in [0.4, 0.5) is 5.69 Å². The largest absolute Gasteiger partial charge is 0.495 e. The molecule has 1 aromatic carbocycles. The van der Waals surface area contributed by atoms with Gasteiger partial charge in [0, 0.05) is 0 Å². The van der Waals surface area contributed by atoms with E-state index in [0.717, 1.165) is 22.5 Å². The predicted octanol–water partition coefficient (Wildman–Crippen LogP) is 2.99. The zero-order chi connectivity index (χ0) is 16.8. The van der Waals surface area contributed by atoms with E-state index >= 15 is 0 Å². The number of imidazole rings is 1. The second-order valence-electron chi connectivity index (χ2n) is 5.57. The third-order valence-corrected chi connectivity index (χ3v) is 5.09. The van der Waals surface area contributed by atoms with Crippen molar-refractivity contribution in [2.24, 2.45) is 0 Å². The number of nitrogens with zero attached hydrogens (tertiary/aromatic N) is 2. The van der Waals surface area contributed by atoms with Gasteiger partial charge >= 0.3 is 5.97 Å². The molecule has 7 heteroatoms. The quantitative estimate of drug-likeness (QED) is 0.715. The summed E-state index contributed by atoms with van der Waals surface area (Å²) in [7, 11) is 1.59. The summed E-state index contributed by atoms with van der Waals surface area (Å²) in [5, 5.41) is 11.5. The van der Waals surface area contributed by atoms with Crippen LogP contribution in [0, 0.1) is 0 Å². The molecule has 0 saturated heterocycles. The molecule has 3 N–H and O–H groups in total. The zero-order valence-corrected chi connectivity index (χ0v) is 13.8. The molecule has 6 nitrogen and oxygen atoms in total. The van der Waals surface area contributed by atoms with E-state index in [4.69, 9.17) is 10.5 Å². The Balaban J connectivity index is 2.02. The fourth-order valence-corrected chi connectivity index (χ4v) is 3.85. The number of aromatic nitrogens is 2. The number of nitrogens with two attached hydrogens (primary N) is 1. The summed E-state index contributed by atoms with van der Waals surface area (Å²) in [6.45, 7) is 0. The van der Waals surface area contributed by atoms with Crippen molar-refractivity contribution in [1.82, 2.24) is 9.55 Å². The van der Waals surface area contributed by atoms with Crippen LogP contribution in [0.3, 0.4) is 0 Å². The summed E-state index contributed by atoms with van der Waals surface area (Å²) in [5.41, 5.74) is 9.36. The number of hydrogen-bond acceptors (Lipinski definition) is 5. The van der Waals surface area contributed by atoms with Gasteiger partial charge in [0.05, 0.1) is 29.1 Å². The summed E-state index contributed by atoms with van der Waals surface area (Å²) in [4.78, 5) is 16.9. The topological polar surface area (TPSA) is 90.4 Å². The van der Waals surface area contributed by atoms with E-state index in [9.17, 15) is 9.90 Å². The van der Waals surface area contributed by atoms with E-state index in [0.29, 0.717) is 29.4 Å². The van der Waals surface area contributed by atoms with Crippen molar-refractivity contribution in [2.45, 2.75) is 12.8 Å². The van der Waals surface area contributed by atoms with Crippen LogP contribution in [0.1, 0.15) is 21.7 Å². The van der Waals surface area contributed by atoms with Crippen LogP contribution in [-0.2, 0) is 12.8 Å². The molecule has 3 aromatic rings. The molecule has 0 aliphatic carbocycles. The van der Waals surface area contributed by atoms with Gasteiger partial charge in [-0.25, -0.2) is 9.78 Å². The third-order valence-electron chi connectivity index (χ3n) is 4.22. The lowest BCUT2D eigenvalue weighted by atomic mass is 9.99. The number of carboxylic acids is 1. The second kappa shape index (κ2) is 5.38. The molecule has 1 aliphatic heterocycles. The maximum Gasteiger partial charge on any atom is 0.356 e. The van der Waals surface area contributed by atoms with Crippen molar-refractivity contribution in [3.05, 3.63) is 46.6 Å². The molecule has 2 aromatic heterocycles. The summed E-state index contributed by atoms with van der Waals surface area (Å²) in [6.07, 6.45) is 1.34. The van der Waals surface area contributed by atoms with Gasteiger partial charge in [-0.15, -0.1) is 11.3 Å². The van der Waals surface area contributed by atoms with Crippen LogP contribution in [0.5, 0.6) is 5.75 Å². The van der Waals surface area contributed by atoms with Gasteiger partial charge in [0.25, 0.3) is 0 Å². The number of carboxylic acid groups (broad SMARTS) is 1. The Morgan fingerprint density at radius 2 is 2.25 bits per heavy atom. The van der Waals surface area contributed by atoms with E-state index in [1.165, 1.54) is 11.3 Å². The highest BCUT2D eigenvalue weighted by Crippen LogP contribution is 2.38. The van der Waals surface area contributed by atoms with Crippen molar-refractivity contribution in [1.29, 1.82) is 0 Å². The Bertz CT molecular complexity index is 945. The van der Waals surface area contributed by atoms with Gasteiger partial charge in [0.1, 0.15) is 5.75 Å². The third kappa shape index (κ3) is 2.09. The fourth-order valence-electron chi connectivity index (χ4n) is 3.15. The van der Waals surface area contributed by atoms with Crippen molar-refractivity contribution in [2.75, 3.05) is 12.8 Å². The molecule has 122 valence electrons. The van der Waals surface area contributed by atoms with Gasteiger partial charge in [-0.1, -0.05) is 6.07 Å². The number of nitrogen functional groups attached to an aromatic ring is 1. The summed E-state index contributed by atoms with van der Waals surface area (Å²) >= 11 is 1.53. The number of aromatic carboxylic acids is 1. The Labute approximate surface area is 142 Å². The Kier molecular flexibility index (Phi) is 3.31. The lowest BCUT2D eigenvalue weighted by molar-refractivity contribution is 0.0689. The van der Waals surface area contributed by atoms with Gasteiger partial charge in [-0.3, -0.25) is 4.57 Å². The number of anilines is 1. The number of rotatable bonds is 3. The van der Waals surface area contributed by atoms with E-state index in [-0.39, 0.29) is 5.69 Å². The first kappa shape index (κ1) is 14.8. The SMILES string of the molecule is COc1cc2c(cc1N)-n1c(-c3cccs3)nc(C(=O)O)c1CC2. The highest BCUT2D eigenvalue weighted by atomic mass is 32.1. The normalized spacial score (nSPS) is 12.5. The number of thiophene rings is 1. The number of methoxy groups -OCH3 is 1. The lowest BCUT2D eigenvalue weighted by Crippen LogP contribution is -2.15. The molecule has 3 heterocycles. The Hall–Kier alpha value is -2.80. The molecule has 0 spiro atoms.